The highest BCUT2D eigenvalue weighted by Gasteiger charge is 2.52. The first kappa shape index (κ1) is 19.8. The molecule has 0 unspecified atom stereocenters. The van der Waals surface area contributed by atoms with Gasteiger partial charge in [-0.3, -0.25) is 4.57 Å². The fraction of sp³-hybridized carbons (Fsp3) is 0.706. The summed E-state index contributed by atoms with van der Waals surface area (Å²) in [5.41, 5.74) is -0.816. The third-order valence-electron chi connectivity index (χ3n) is 4.27. The monoisotopic (exact) mass is 358 g/mol. The van der Waals surface area contributed by atoms with Crippen molar-refractivity contribution in [1.82, 2.24) is 9.55 Å². The normalized spacial score (nSPS) is 22.5. The smallest absolute Gasteiger partial charge is 0.351 e. The van der Waals surface area contributed by atoms with Crippen LogP contribution in [-0.4, -0.2) is 39.8 Å². The van der Waals surface area contributed by atoms with Gasteiger partial charge in [0.1, 0.15) is 5.82 Å². The van der Waals surface area contributed by atoms with Crippen LogP contribution in [0.15, 0.2) is 17.1 Å². The summed E-state index contributed by atoms with van der Waals surface area (Å²) in [6, 6.07) is 1.49. The van der Waals surface area contributed by atoms with Crippen LogP contribution in [0.1, 0.15) is 45.8 Å². The fourth-order valence-electron chi connectivity index (χ4n) is 3.08. The van der Waals surface area contributed by atoms with Gasteiger partial charge in [0.05, 0.1) is 19.1 Å². The van der Waals surface area contributed by atoms with Crippen molar-refractivity contribution < 1.29 is 18.6 Å². The average molecular weight is 358 g/mol. The highest BCUT2D eigenvalue weighted by atomic mass is 19.3. The van der Waals surface area contributed by atoms with E-state index in [0.29, 0.717) is 24.7 Å². The predicted molar refractivity (Wildman–Crippen MR) is 90.5 cm³/mol. The van der Waals surface area contributed by atoms with E-state index < -0.39 is 30.6 Å². The minimum Gasteiger partial charge on any atom is -0.394 e. The van der Waals surface area contributed by atoms with Crippen molar-refractivity contribution in [2.45, 2.75) is 57.8 Å². The SMILES string of the molecule is CCCC(CCC)CNc1ccn([C@@H]2O[C@@H](CO)[CH]C2(F)F)c(=O)n1. The molecule has 0 saturated carbocycles. The van der Waals surface area contributed by atoms with Crippen molar-refractivity contribution >= 4 is 5.82 Å². The van der Waals surface area contributed by atoms with Crippen LogP contribution in [0.2, 0.25) is 0 Å². The van der Waals surface area contributed by atoms with Gasteiger partial charge in [-0.15, -0.1) is 0 Å². The molecule has 0 spiro atoms. The molecule has 1 saturated heterocycles. The number of hydrogen-bond acceptors (Lipinski definition) is 5. The van der Waals surface area contributed by atoms with E-state index in [-0.39, 0.29) is 0 Å². The van der Waals surface area contributed by atoms with Crippen molar-refractivity contribution in [2.24, 2.45) is 5.92 Å². The lowest BCUT2D eigenvalue weighted by Crippen LogP contribution is -2.35. The number of aliphatic hydroxyl groups excluding tert-OH is 1. The van der Waals surface area contributed by atoms with E-state index >= 15 is 0 Å². The van der Waals surface area contributed by atoms with Crippen LogP contribution in [0.25, 0.3) is 0 Å². The van der Waals surface area contributed by atoms with Gasteiger partial charge < -0.3 is 15.2 Å². The van der Waals surface area contributed by atoms with E-state index in [9.17, 15) is 13.6 Å². The van der Waals surface area contributed by atoms with Crippen molar-refractivity contribution in [3.8, 4) is 0 Å². The second kappa shape index (κ2) is 8.71. The number of hydrogen-bond donors (Lipinski definition) is 2. The Morgan fingerprint density at radius 1 is 1.40 bits per heavy atom. The molecule has 0 amide bonds. The average Bonchev–Trinajstić information content (AvgIpc) is 2.88. The van der Waals surface area contributed by atoms with Gasteiger partial charge in [0.15, 0.2) is 0 Å². The number of anilines is 1. The number of alkyl halides is 2. The molecule has 1 aliphatic heterocycles. The lowest BCUT2D eigenvalue weighted by atomic mass is 9.98. The Labute approximate surface area is 146 Å². The summed E-state index contributed by atoms with van der Waals surface area (Å²) in [4.78, 5) is 16.0. The van der Waals surface area contributed by atoms with Gasteiger partial charge in [0.25, 0.3) is 5.92 Å². The molecule has 1 aromatic heterocycles. The van der Waals surface area contributed by atoms with E-state index in [0.717, 1.165) is 30.3 Å². The van der Waals surface area contributed by atoms with Crippen LogP contribution in [0.3, 0.4) is 0 Å². The molecule has 0 bridgehead atoms. The molecule has 1 radical (unpaired) electrons. The Balaban J connectivity index is 2.07. The van der Waals surface area contributed by atoms with Gasteiger partial charge in [-0.25, -0.2) is 13.6 Å². The maximum atomic E-state index is 13.9. The van der Waals surface area contributed by atoms with Crippen molar-refractivity contribution in [3.05, 3.63) is 29.2 Å². The molecule has 1 aromatic rings. The van der Waals surface area contributed by atoms with Gasteiger partial charge in [-0.05, 0) is 24.8 Å². The van der Waals surface area contributed by atoms with Crippen LogP contribution < -0.4 is 11.0 Å². The van der Waals surface area contributed by atoms with Gasteiger partial charge in [-0.1, -0.05) is 26.7 Å². The van der Waals surface area contributed by atoms with E-state index in [1.165, 1.54) is 12.3 Å². The molecule has 2 rings (SSSR count). The van der Waals surface area contributed by atoms with Gasteiger partial charge >= 0.3 is 5.69 Å². The molecule has 1 fully saturated rings. The molecule has 6 nitrogen and oxygen atoms in total. The van der Waals surface area contributed by atoms with Crippen LogP contribution in [0.4, 0.5) is 14.6 Å². The van der Waals surface area contributed by atoms with Gasteiger partial charge in [-0.2, -0.15) is 4.98 Å². The van der Waals surface area contributed by atoms with Crippen molar-refractivity contribution in [3.63, 3.8) is 0 Å². The largest absolute Gasteiger partial charge is 0.394 e. The Bertz CT molecular complexity index is 603. The third-order valence-corrected chi connectivity index (χ3v) is 4.27. The fourth-order valence-corrected chi connectivity index (χ4v) is 3.08. The first-order valence-electron chi connectivity index (χ1n) is 8.74. The van der Waals surface area contributed by atoms with Crippen LogP contribution in [-0.2, 0) is 4.74 Å². The molecular weight excluding hydrogens is 332 g/mol. The van der Waals surface area contributed by atoms with E-state index in [1.807, 2.05) is 0 Å². The Kier molecular flexibility index (Phi) is 6.89. The Morgan fingerprint density at radius 3 is 2.60 bits per heavy atom. The topological polar surface area (TPSA) is 76.4 Å². The number of aliphatic hydroxyl groups is 1. The second-order valence-electron chi connectivity index (χ2n) is 6.38. The molecule has 1 aliphatic rings. The third kappa shape index (κ3) is 4.98. The molecule has 2 heterocycles. The molecule has 0 aliphatic carbocycles. The summed E-state index contributed by atoms with van der Waals surface area (Å²) in [5, 5.41) is 12.1. The zero-order valence-electron chi connectivity index (χ0n) is 14.6. The molecule has 8 heteroatoms. The maximum Gasteiger partial charge on any atom is 0.351 e. The molecule has 141 valence electrons. The van der Waals surface area contributed by atoms with E-state index in [4.69, 9.17) is 9.84 Å². The summed E-state index contributed by atoms with van der Waals surface area (Å²) < 4.78 is 33.7. The first-order valence-corrected chi connectivity index (χ1v) is 8.74. The number of aromatic nitrogens is 2. The molecule has 2 atom stereocenters. The number of rotatable bonds is 9. The van der Waals surface area contributed by atoms with Crippen LogP contribution in [0, 0.1) is 12.3 Å². The maximum absolute atomic E-state index is 13.9. The second-order valence-corrected chi connectivity index (χ2v) is 6.38. The van der Waals surface area contributed by atoms with Crippen molar-refractivity contribution in [2.75, 3.05) is 18.5 Å². The molecule has 0 aromatic carbocycles. The number of nitrogens with zero attached hydrogens (tertiary/aromatic N) is 2. The summed E-state index contributed by atoms with van der Waals surface area (Å²) in [5.74, 6) is -2.50. The quantitative estimate of drug-likeness (QED) is 0.710. The molecule has 25 heavy (non-hydrogen) atoms. The summed E-state index contributed by atoms with van der Waals surface area (Å²) >= 11 is 0. The predicted octanol–water partition coefficient (Wildman–Crippen LogP) is 2.60. The zero-order chi connectivity index (χ0) is 18.4. The molecular formula is C17H26F2N3O3. The Morgan fingerprint density at radius 2 is 2.08 bits per heavy atom. The summed E-state index contributed by atoms with van der Waals surface area (Å²) in [6.45, 7) is 4.37. The summed E-state index contributed by atoms with van der Waals surface area (Å²) in [6.07, 6.45) is 3.29. The van der Waals surface area contributed by atoms with E-state index in [1.54, 1.807) is 0 Å². The highest BCUT2D eigenvalue weighted by molar-refractivity contribution is 5.32. The van der Waals surface area contributed by atoms with Gasteiger partial charge in [0.2, 0.25) is 6.23 Å². The standard InChI is InChI=1S/C17H26F2N3O3/c1-3-5-12(6-4-2)10-20-14-7-8-22(16(24)21-14)15-17(18,19)9-13(11-23)25-15/h7-9,12-13,15,23H,3-6,10-11H2,1-2H3,(H,20,21,24)/t13-,15-/m1/s1. The Hall–Kier alpha value is -1.54. The zero-order valence-corrected chi connectivity index (χ0v) is 14.6. The van der Waals surface area contributed by atoms with Crippen molar-refractivity contribution in [1.29, 1.82) is 0 Å². The summed E-state index contributed by atoms with van der Waals surface area (Å²) in [7, 11) is 0. The van der Waals surface area contributed by atoms with Gasteiger partial charge in [0, 0.05) is 12.7 Å². The molecule has 2 N–H and O–H groups in total. The van der Waals surface area contributed by atoms with Crippen LogP contribution >= 0.6 is 0 Å². The lowest BCUT2D eigenvalue weighted by Gasteiger charge is -2.20. The number of ether oxygens (including phenoxy) is 1. The van der Waals surface area contributed by atoms with E-state index in [2.05, 4.69) is 24.1 Å². The van der Waals surface area contributed by atoms with Crippen LogP contribution in [0.5, 0.6) is 0 Å². The lowest BCUT2D eigenvalue weighted by molar-refractivity contribution is -0.116. The minimum absolute atomic E-state index is 0.363. The highest BCUT2D eigenvalue weighted by Crippen LogP contribution is 2.40. The number of halogens is 2. The number of nitrogens with one attached hydrogen (secondary N) is 1. The minimum atomic E-state index is -3.35. The first-order chi connectivity index (χ1) is 11.9.